The van der Waals surface area contributed by atoms with Gasteiger partial charge in [0.25, 0.3) is 5.91 Å². The molecule has 168 valence electrons. The summed E-state index contributed by atoms with van der Waals surface area (Å²) in [6.45, 7) is 3.82. The largest absolute Gasteiger partial charge is 0.497 e. The van der Waals surface area contributed by atoms with E-state index >= 15 is 0 Å². The first-order chi connectivity index (χ1) is 15.5. The van der Waals surface area contributed by atoms with E-state index in [1.54, 1.807) is 13.2 Å². The number of carbonyl (C=O) groups excluding carboxylic acids is 1. The summed E-state index contributed by atoms with van der Waals surface area (Å²) in [4.78, 5) is 17.7. The molecule has 1 aliphatic heterocycles. The molecule has 1 aromatic heterocycles. The number of amides is 1. The van der Waals surface area contributed by atoms with Crippen LogP contribution in [-0.2, 0) is 13.2 Å². The number of benzene rings is 2. The molecule has 1 amide bonds. The van der Waals surface area contributed by atoms with Gasteiger partial charge in [-0.2, -0.15) is 0 Å². The average molecular weight is 475 g/mol. The highest BCUT2D eigenvalue weighted by atomic mass is 35.5. The Labute approximate surface area is 195 Å². The molecule has 32 heavy (non-hydrogen) atoms. The monoisotopic (exact) mass is 474 g/mol. The number of rotatable bonds is 7. The van der Waals surface area contributed by atoms with Gasteiger partial charge in [-0.25, -0.2) is 4.39 Å². The van der Waals surface area contributed by atoms with Crippen LogP contribution in [0.3, 0.4) is 0 Å². The highest BCUT2D eigenvalue weighted by molar-refractivity contribution is 7.12. The van der Waals surface area contributed by atoms with Gasteiger partial charge in [0.2, 0.25) is 0 Å². The van der Waals surface area contributed by atoms with Crippen molar-refractivity contribution in [3.8, 4) is 11.5 Å². The quantitative estimate of drug-likeness (QED) is 0.478. The number of ether oxygens (including phenoxy) is 2. The summed E-state index contributed by atoms with van der Waals surface area (Å²) in [5.41, 5.74) is 1.86. The van der Waals surface area contributed by atoms with Crippen molar-refractivity contribution in [1.82, 2.24) is 9.80 Å². The Morgan fingerprint density at radius 1 is 1.09 bits per heavy atom. The van der Waals surface area contributed by atoms with Crippen molar-refractivity contribution in [2.24, 2.45) is 0 Å². The predicted octanol–water partition coefficient (Wildman–Crippen LogP) is 5.09. The van der Waals surface area contributed by atoms with Gasteiger partial charge in [0, 0.05) is 49.4 Å². The van der Waals surface area contributed by atoms with Gasteiger partial charge in [-0.05, 0) is 41.3 Å². The Bertz CT molecular complexity index is 1080. The first kappa shape index (κ1) is 22.6. The summed E-state index contributed by atoms with van der Waals surface area (Å²) in [6.07, 6.45) is 0. The smallest absolute Gasteiger partial charge is 0.264 e. The third-order valence-electron chi connectivity index (χ3n) is 5.38. The lowest BCUT2D eigenvalue weighted by Crippen LogP contribution is -2.48. The molecule has 0 aliphatic carbocycles. The second-order valence-electron chi connectivity index (χ2n) is 7.59. The van der Waals surface area contributed by atoms with Gasteiger partial charge >= 0.3 is 0 Å². The normalized spacial score (nSPS) is 14.4. The van der Waals surface area contributed by atoms with Gasteiger partial charge in [0.05, 0.1) is 12.0 Å². The highest BCUT2D eigenvalue weighted by Gasteiger charge is 2.23. The second kappa shape index (κ2) is 10.3. The number of piperazine rings is 1. The van der Waals surface area contributed by atoms with Crippen LogP contribution < -0.4 is 9.47 Å². The van der Waals surface area contributed by atoms with Crippen molar-refractivity contribution in [2.75, 3.05) is 33.3 Å². The zero-order valence-electron chi connectivity index (χ0n) is 17.7. The fourth-order valence-electron chi connectivity index (χ4n) is 3.58. The summed E-state index contributed by atoms with van der Waals surface area (Å²) < 4.78 is 24.3. The summed E-state index contributed by atoms with van der Waals surface area (Å²) >= 11 is 7.58. The molecule has 2 aromatic carbocycles. The van der Waals surface area contributed by atoms with E-state index in [-0.39, 0.29) is 11.7 Å². The fraction of sp³-hybridized carbons (Fsp3) is 0.292. The first-order valence-corrected chi connectivity index (χ1v) is 11.6. The van der Waals surface area contributed by atoms with Gasteiger partial charge in [-0.15, -0.1) is 11.3 Å². The zero-order valence-corrected chi connectivity index (χ0v) is 19.3. The average Bonchev–Trinajstić information content (AvgIpc) is 3.29. The molecule has 0 saturated carbocycles. The molecule has 0 unspecified atom stereocenters. The Hall–Kier alpha value is -2.61. The minimum Gasteiger partial charge on any atom is -0.497 e. The topological polar surface area (TPSA) is 42.0 Å². The van der Waals surface area contributed by atoms with Crippen molar-refractivity contribution in [1.29, 1.82) is 0 Å². The summed E-state index contributed by atoms with van der Waals surface area (Å²) in [7, 11) is 1.62. The van der Waals surface area contributed by atoms with Crippen molar-refractivity contribution in [3.05, 3.63) is 80.8 Å². The Balaban J connectivity index is 1.28. The lowest BCUT2D eigenvalue weighted by molar-refractivity contribution is 0.0633. The minimum absolute atomic E-state index is 0.0436. The van der Waals surface area contributed by atoms with Gasteiger partial charge in [-0.1, -0.05) is 23.7 Å². The third kappa shape index (κ3) is 5.59. The maximum atomic E-state index is 13.2. The standard InChI is InChI=1S/C24H24ClFN2O3S/c1-30-20-3-2-4-21(13-20)31-15-17-11-23(32-16-17)24(29)28-9-7-27(8-10-28)14-18-5-6-19(26)12-22(18)25/h2-6,11-13,16H,7-10,14-15H2,1H3. The Morgan fingerprint density at radius 3 is 2.62 bits per heavy atom. The van der Waals surface area contributed by atoms with Crippen molar-refractivity contribution in [2.45, 2.75) is 13.2 Å². The zero-order chi connectivity index (χ0) is 22.5. The third-order valence-corrected chi connectivity index (χ3v) is 6.70. The van der Waals surface area contributed by atoms with E-state index in [0.29, 0.717) is 36.1 Å². The van der Waals surface area contributed by atoms with Gasteiger partial charge in [-0.3, -0.25) is 9.69 Å². The van der Waals surface area contributed by atoms with Crippen molar-refractivity contribution in [3.63, 3.8) is 0 Å². The molecule has 4 rings (SSSR count). The number of nitrogens with zero attached hydrogens (tertiary/aromatic N) is 2. The number of methoxy groups -OCH3 is 1. The van der Waals surface area contributed by atoms with Gasteiger partial charge in [0.1, 0.15) is 23.9 Å². The van der Waals surface area contributed by atoms with Crippen LogP contribution in [0.2, 0.25) is 5.02 Å². The van der Waals surface area contributed by atoms with Crippen LogP contribution in [0.25, 0.3) is 0 Å². The van der Waals surface area contributed by atoms with Crippen molar-refractivity contribution >= 4 is 28.8 Å². The van der Waals surface area contributed by atoms with Crippen LogP contribution in [0.4, 0.5) is 4.39 Å². The van der Waals surface area contributed by atoms with E-state index in [9.17, 15) is 9.18 Å². The van der Waals surface area contributed by atoms with Crippen LogP contribution in [-0.4, -0.2) is 49.0 Å². The molecule has 0 N–H and O–H groups in total. The number of halogens is 2. The van der Waals surface area contributed by atoms with Gasteiger partial charge in [0.15, 0.2) is 0 Å². The van der Waals surface area contributed by atoms with Crippen LogP contribution >= 0.6 is 22.9 Å². The van der Waals surface area contributed by atoms with Crippen LogP contribution in [0.1, 0.15) is 20.8 Å². The summed E-state index contributed by atoms with van der Waals surface area (Å²) in [6, 6.07) is 13.8. The molecule has 3 aromatic rings. The molecule has 0 radical (unpaired) electrons. The molecule has 8 heteroatoms. The van der Waals surface area contributed by atoms with E-state index in [4.69, 9.17) is 21.1 Å². The van der Waals surface area contributed by atoms with E-state index < -0.39 is 0 Å². The molecular formula is C24H24ClFN2O3S. The molecular weight excluding hydrogens is 451 g/mol. The number of hydrogen-bond acceptors (Lipinski definition) is 5. The Kier molecular flexibility index (Phi) is 7.29. The second-order valence-corrected chi connectivity index (χ2v) is 8.91. The highest BCUT2D eigenvalue weighted by Crippen LogP contribution is 2.23. The molecule has 0 atom stereocenters. The molecule has 5 nitrogen and oxygen atoms in total. The molecule has 1 fully saturated rings. The molecule has 1 aliphatic rings. The first-order valence-electron chi connectivity index (χ1n) is 10.3. The molecule has 0 bridgehead atoms. The van der Waals surface area contributed by atoms with E-state index in [2.05, 4.69) is 4.90 Å². The minimum atomic E-state index is -0.335. The van der Waals surface area contributed by atoms with Crippen molar-refractivity contribution < 1.29 is 18.7 Å². The van der Waals surface area contributed by atoms with E-state index in [1.165, 1.54) is 23.5 Å². The summed E-state index contributed by atoms with van der Waals surface area (Å²) in [5, 5.41) is 2.39. The van der Waals surface area contributed by atoms with Crippen LogP contribution in [0.15, 0.2) is 53.9 Å². The SMILES string of the molecule is COc1cccc(OCc2csc(C(=O)N3CCN(Cc4ccc(F)cc4Cl)CC3)c2)c1. The van der Waals surface area contributed by atoms with Crippen LogP contribution in [0, 0.1) is 5.82 Å². The maximum Gasteiger partial charge on any atom is 0.264 e. The maximum absolute atomic E-state index is 13.2. The Morgan fingerprint density at radius 2 is 1.88 bits per heavy atom. The fourth-order valence-corrected chi connectivity index (χ4v) is 4.67. The van der Waals surface area contributed by atoms with E-state index in [0.717, 1.165) is 35.7 Å². The molecule has 0 spiro atoms. The lowest BCUT2D eigenvalue weighted by atomic mass is 10.2. The summed E-state index contributed by atoms with van der Waals surface area (Å²) in [5.74, 6) is 1.17. The van der Waals surface area contributed by atoms with Gasteiger partial charge < -0.3 is 14.4 Å². The number of hydrogen-bond donors (Lipinski definition) is 0. The lowest BCUT2D eigenvalue weighted by Gasteiger charge is -2.34. The number of carbonyl (C=O) groups is 1. The van der Waals surface area contributed by atoms with Crippen LogP contribution in [0.5, 0.6) is 11.5 Å². The molecule has 2 heterocycles. The van der Waals surface area contributed by atoms with E-state index in [1.807, 2.05) is 40.6 Å². The number of thiophene rings is 1. The molecule has 1 saturated heterocycles. The predicted molar refractivity (Wildman–Crippen MR) is 124 cm³/mol.